The Balaban J connectivity index is 1.78. The van der Waals surface area contributed by atoms with Gasteiger partial charge in [-0.1, -0.05) is 0 Å². The Morgan fingerprint density at radius 1 is 1.41 bits per heavy atom. The molecule has 118 valence electrons. The van der Waals surface area contributed by atoms with E-state index in [0.717, 1.165) is 37.1 Å². The van der Waals surface area contributed by atoms with Gasteiger partial charge in [-0.2, -0.15) is 5.10 Å². The van der Waals surface area contributed by atoms with E-state index in [4.69, 9.17) is 4.74 Å². The van der Waals surface area contributed by atoms with Gasteiger partial charge in [0.05, 0.1) is 30.4 Å². The normalized spacial score (nSPS) is 15.3. The molecule has 0 atom stereocenters. The van der Waals surface area contributed by atoms with Crippen LogP contribution in [0.2, 0.25) is 0 Å². The van der Waals surface area contributed by atoms with Gasteiger partial charge in [0.2, 0.25) is 0 Å². The third kappa shape index (κ3) is 2.81. The van der Waals surface area contributed by atoms with Crippen LogP contribution in [0.4, 0.5) is 10.8 Å². The molecule has 0 aliphatic carbocycles. The summed E-state index contributed by atoms with van der Waals surface area (Å²) in [7, 11) is 0. The molecule has 0 bridgehead atoms. The monoisotopic (exact) mass is 323 g/mol. The van der Waals surface area contributed by atoms with Crippen molar-refractivity contribution in [2.24, 2.45) is 0 Å². The van der Waals surface area contributed by atoms with E-state index in [-0.39, 0.29) is 10.6 Å². The van der Waals surface area contributed by atoms with Crippen LogP contribution in [-0.2, 0) is 11.3 Å². The van der Waals surface area contributed by atoms with Gasteiger partial charge in [-0.15, -0.1) is 11.3 Å². The highest BCUT2D eigenvalue weighted by atomic mass is 32.1. The average molecular weight is 323 g/mol. The molecule has 1 fully saturated rings. The van der Waals surface area contributed by atoms with Crippen LogP contribution < -0.4 is 4.90 Å². The van der Waals surface area contributed by atoms with Crippen molar-refractivity contribution < 1.29 is 9.66 Å². The SMILES string of the molecule is Cc1nn(Cc2csc(N3CCOCC3)n2)c(C)c1[N+](=O)[O-]. The van der Waals surface area contributed by atoms with Crippen molar-refractivity contribution in [2.75, 3.05) is 31.2 Å². The first-order valence-electron chi connectivity index (χ1n) is 7.01. The van der Waals surface area contributed by atoms with E-state index in [1.807, 2.05) is 5.38 Å². The molecule has 3 heterocycles. The zero-order valence-electron chi connectivity index (χ0n) is 12.5. The van der Waals surface area contributed by atoms with E-state index in [1.54, 1.807) is 29.9 Å². The Morgan fingerprint density at radius 2 is 2.14 bits per heavy atom. The zero-order chi connectivity index (χ0) is 15.7. The van der Waals surface area contributed by atoms with Crippen molar-refractivity contribution in [3.05, 3.63) is 32.6 Å². The maximum absolute atomic E-state index is 11.0. The number of hydrogen-bond donors (Lipinski definition) is 0. The highest BCUT2D eigenvalue weighted by Gasteiger charge is 2.22. The van der Waals surface area contributed by atoms with Crippen LogP contribution in [0.1, 0.15) is 17.1 Å². The number of aromatic nitrogens is 3. The van der Waals surface area contributed by atoms with Crippen molar-refractivity contribution >= 4 is 22.2 Å². The first-order chi connectivity index (χ1) is 10.6. The Bertz CT molecular complexity index is 690. The van der Waals surface area contributed by atoms with Crippen LogP contribution in [0.15, 0.2) is 5.38 Å². The van der Waals surface area contributed by atoms with E-state index in [2.05, 4.69) is 15.0 Å². The van der Waals surface area contributed by atoms with E-state index >= 15 is 0 Å². The molecule has 0 amide bonds. The number of anilines is 1. The maximum Gasteiger partial charge on any atom is 0.312 e. The summed E-state index contributed by atoms with van der Waals surface area (Å²) in [5.41, 5.74) is 1.95. The van der Waals surface area contributed by atoms with E-state index < -0.39 is 0 Å². The third-order valence-corrected chi connectivity index (χ3v) is 4.61. The molecule has 1 aliphatic heterocycles. The number of hydrogen-bond acceptors (Lipinski definition) is 7. The Morgan fingerprint density at radius 3 is 2.77 bits per heavy atom. The second-order valence-corrected chi connectivity index (χ2v) is 5.99. The molecule has 2 aromatic rings. The smallest absolute Gasteiger partial charge is 0.312 e. The molecule has 1 saturated heterocycles. The minimum Gasteiger partial charge on any atom is -0.378 e. The van der Waals surface area contributed by atoms with Gasteiger partial charge in [0.25, 0.3) is 0 Å². The van der Waals surface area contributed by atoms with Crippen molar-refractivity contribution in [1.82, 2.24) is 14.8 Å². The summed E-state index contributed by atoms with van der Waals surface area (Å²) in [5, 5.41) is 18.2. The van der Waals surface area contributed by atoms with Gasteiger partial charge in [-0.05, 0) is 13.8 Å². The van der Waals surface area contributed by atoms with Crippen molar-refractivity contribution in [1.29, 1.82) is 0 Å². The molecule has 0 unspecified atom stereocenters. The average Bonchev–Trinajstić information content (AvgIpc) is 3.06. The topological polar surface area (TPSA) is 86.3 Å². The van der Waals surface area contributed by atoms with Crippen molar-refractivity contribution in [3.8, 4) is 0 Å². The van der Waals surface area contributed by atoms with Crippen LogP contribution in [0.3, 0.4) is 0 Å². The number of nitrogens with zero attached hydrogens (tertiary/aromatic N) is 5. The fourth-order valence-electron chi connectivity index (χ4n) is 2.53. The minimum atomic E-state index is -0.381. The van der Waals surface area contributed by atoms with Gasteiger partial charge in [0, 0.05) is 18.5 Å². The standard InChI is InChI=1S/C13H17N5O3S/c1-9-12(18(19)20)10(2)17(15-9)7-11-8-22-13(14-11)16-3-5-21-6-4-16/h8H,3-7H2,1-2H3. The van der Waals surface area contributed by atoms with Crippen molar-refractivity contribution in [3.63, 3.8) is 0 Å². The predicted molar refractivity (Wildman–Crippen MR) is 82.6 cm³/mol. The van der Waals surface area contributed by atoms with Gasteiger partial charge >= 0.3 is 5.69 Å². The number of nitro groups is 1. The second-order valence-electron chi connectivity index (χ2n) is 5.16. The summed E-state index contributed by atoms with van der Waals surface area (Å²) < 4.78 is 6.98. The van der Waals surface area contributed by atoms with Crippen molar-refractivity contribution in [2.45, 2.75) is 20.4 Å². The number of aryl methyl sites for hydroxylation is 1. The second kappa shape index (κ2) is 6.01. The summed E-state index contributed by atoms with van der Waals surface area (Å²) in [5.74, 6) is 0. The molecule has 8 nitrogen and oxygen atoms in total. The number of rotatable bonds is 4. The summed E-state index contributed by atoms with van der Waals surface area (Å²) in [6.45, 7) is 6.95. The highest BCUT2D eigenvalue weighted by Crippen LogP contribution is 2.25. The van der Waals surface area contributed by atoms with Crippen LogP contribution in [0.25, 0.3) is 0 Å². The van der Waals surface area contributed by atoms with Gasteiger partial charge in [0.15, 0.2) is 5.13 Å². The quantitative estimate of drug-likeness (QED) is 0.629. The molecule has 2 aromatic heterocycles. The number of morpholine rings is 1. The summed E-state index contributed by atoms with van der Waals surface area (Å²) in [4.78, 5) is 17.5. The maximum atomic E-state index is 11.0. The molecule has 1 aliphatic rings. The largest absolute Gasteiger partial charge is 0.378 e. The minimum absolute atomic E-state index is 0.0867. The molecular formula is C13H17N5O3S. The van der Waals surface area contributed by atoms with Gasteiger partial charge in [0.1, 0.15) is 11.4 Å². The zero-order valence-corrected chi connectivity index (χ0v) is 13.3. The molecule has 0 aromatic carbocycles. The van der Waals surface area contributed by atoms with Gasteiger partial charge in [-0.25, -0.2) is 4.98 Å². The molecule has 0 saturated carbocycles. The summed E-state index contributed by atoms with van der Waals surface area (Å²) in [6.07, 6.45) is 0. The summed E-state index contributed by atoms with van der Waals surface area (Å²) >= 11 is 1.58. The van der Waals surface area contributed by atoms with E-state index in [1.165, 1.54) is 0 Å². The Hall–Kier alpha value is -2.00. The Labute approximate surface area is 131 Å². The molecular weight excluding hydrogens is 306 g/mol. The molecule has 0 spiro atoms. The van der Waals surface area contributed by atoms with Crippen LogP contribution in [0.5, 0.6) is 0 Å². The molecule has 3 rings (SSSR count). The third-order valence-electron chi connectivity index (χ3n) is 3.66. The summed E-state index contributed by atoms with van der Waals surface area (Å²) in [6, 6.07) is 0. The highest BCUT2D eigenvalue weighted by molar-refractivity contribution is 7.13. The van der Waals surface area contributed by atoms with E-state index in [0.29, 0.717) is 17.9 Å². The molecule has 0 radical (unpaired) electrons. The molecule has 22 heavy (non-hydrogen) atoms. The first-order valence-corrected chi connectivity index (χ1v) is 7.89. The van der Waals surface area contributed by atoms with Crippen LogP contribution in [0, 0.1) is 24.0 Å². The number of thiazole rings is 1. The first kappa shape index (κ1) is 14.9. The van der Waals surface area contributed by atoms with E-state index in [9.17, 15) is 10.1 Å². The van der Waals surface area contributed by atoms with Crippen LogP contribution >= 0.6 is 11.3 Å². The Kier molecular flexibility index (Phi) is 4.08. The lowest BCUT2D eigenvalue weighted by Crippen LogP contribution is -2.36. The predicted octanol–water partition coefficient (Wildman–Crippen LogP) is 1.75. The van der Waals surface area contributed by atoms with Gasteiger partial charge < -0.3 is 9.64 Å². The lowest BCUT2D eigenvalue weighted by molar-refractivity contribution is -0.386. The molecule has 0 N–H and O–H groups in total. The number of ether oxygens (including phenoxy) is 1. The fourth-order valence-corrected chi connectivity index (χ4v) is 3.40. The lowest BCUT2D eigenvalue weighted by Gasteiger charge is -2.26. The van der Waals surface area contributed by atoms with Crippen LogP contribution in [-0.4, -0.2) is 46.0 Å². The fraction of sp³-hybridized carbons (Fsp3) is 0.538. The molecule has 9 heteroatoms. The lowest BCUT2D eigenvalue weighted by atomic mass is 10.3. The van der Waals surface area contributed by atoms with Gasteiger partial charge in [-0.3, -0.25) is 14.8 Å².